The van der Waals surface area contributed by atoms with Crippen molar-refractivity contribution in [3.8, 4) is 5.88 Å². The van der Waals surface area contributed by atoms with Crippen molar-refractivity contribution in [2.24, 2.45) is 0 Å². The van der Waals surface area contributed by atoms with Crippen molar-refractivity contribution in [2.45, 2.75) is 25.4 Å². The molecular formula is C17H21N7O. The Morgan fingerprint density at radius 1 is 1.20 bits per heavy atom. The second-order valence-electron chi connectivity index (χ2n) is 6.19. The Hall–Kier alpha value is -2.74. The summed E-state index contributed by atoms with van der Waals surface area (Å²) in [7, 11) is 1.61. The van der Waals surface area contributed by atoms with E-state index in [1.807, 2.05) is 30.5 Å². The van der Waals surface area contributed by atoms with Gasteiger partial charge < -0.3 is 10.1 Å². The van der Waals surface area contributed by atoms with Crippen LogP contribution in [0.1, 0.15) is 18.7 Å². The molecule has 0 bridgehead atoms. The molecule has 1 aliphatic rings. The lowest BCUT2D eigenvalue weighted by Gasteiger charge is -2.32. The van der Waals surface area contributed by atoms with Crippen molar-refractivity contribution in [1.29, 1.82) is 0 Å². The van der Waals surface area contributed by atoms with Gasteiger partial charge in [-0.25, -0.2) is 9.97 Å². The maximum Gasteiger partial charge on any atom is 0.218 e. The number of rotatable bonds is 5. The van der Waals surface area contributed by atoms with Gasteiger partial charge in [0.2, 0.25) is 5.88 Å². The Morgan fingerprint density at radius 2 is 2.08 bits per heavy atom. The molecule has 25 heavy (non-hydrogen) atoms. The van der Waals surface area contributed by atoms with E-state index in [2.05, 4.69) is 34.8 Å². The van der Waals surface area contributed by atoms with Crippen LogP contribution in [0.15, 0.2) is 36.8 Å². The standard InChI is InChI=1S/C17H21N7O/c1-25-17-10-14(18-12-19-17)20-13-5-8-23(9-6-13)11-16-22-21-15-4-2-3-7-24(15)16/h2-4,7,10,12-13H,5-6,8-9,11H2,1H3,(H,18,19,20). The molecule has 1 fully saturated rings. The molecule has 0 saturated carbocycles. The van der Waals surface area contributed by atoms with Gasteiger partial charge in [0.1, 0.15) is 12.1 Å². The van der Waals surface area contributed by atoms with Gasteiger partial charge in [0.15, 0.2) is 11.5 Å². The number of ether oxygens (including phenoxy) is 1. The Balaban J connectivity index is 1.33. The SMILES string of the molecule is COc1cc(NC2CCN(Cc3nnc4ccccn34)CC2)ncn1. The molecular weight excluding hydrogens is 318 g/mol. The van der Waals surface area contributed by atoms with Crippen molar-refractivity contribution in [3.05, 3.63) is 42.6 Å². The third-order valence-corrected chi connectivity index (χ3v) is 4.54. The van der Waals surface area contributed by atoms with Crippen LogP contribution in [-0.2, 0) is 6.54 Å². The van der Waals surface area contributed by atoms with Crippen LogP contribution in [0, 0.1) is 0 Å². The summed E-state index contributed by atoms with van der Waals surface area (Å²) in [5.41, 5.74) is 0.895. The highest BCUT2D eigenvalue weighted by atomic mass is 16.5. The second-order valence-corrected chi connectivity index (χ2v) is 6.19. The number of nitrogens with zero attached hydrogens (tertiary/aromatic N) is 6. The van der Waals surface area contributed by atoms with E-state index in [9.17, 15) is 0 Å². The minimum Gasteiger partial charge on any atom is -0.481 e. The van der Waals surface area contributed by atoms with Crippen LogP contribution >= 0.6 is 0 Å². The van der Waals surface area contributed by atoms with Crippen LogP contribution in [-0.4, -0.2) is 55.7 Å². The molecule has 3 aromatic rings. The van der Waals surface area contributed by atoms with Gasteiger partial charge in [0.25, 0.3) is 0 Å². The number of nitrogens with one attached hydrogen (secondary N) is 1. The average molecular weight is 339 g/mol. The van der Waals surface area contributed by atoms with Crippen LogP contribution < -0.4 is 10.1 Å². The zero-order valence-corrected chi connectivity index (χ0v) is 14.2. The number of likely N-dealkylation sites (tertiary alicyclic amines) is 1. The average Bonchev–Trinajstić information content (AvgIpc) is 3.07. The maximum atomic E-state index is 5.14. The van der Waals surface area contributed by atoms with Crippen LogP contribution in [0.25, 0.3) is 5.65 Å². The molecule has 0 radical (unpaired) electrons. The Kier molecular flexibility index (Phi) is 4.43. The van der Waals surface area contributed by atoms with Crippen molar-refractivity contribution in [3.63, 3.8) is 0 Å². The van der Waals surface area contributed by atoms with E-state index in [-0.39, 0.29) is 0 Å². The molecule has 3 aromatic heterocycles. The summed E-state index contributed by atoms with van der Waals surface area (Å²) in [6.45, 7) is 2.85. The summed E-state index contributed by atoms with van der Waals surface area (Å²) in [6, 6.07) is 8.20. The topological polar surface area (TPSA) is 80.5 Å². The number of hydrogen-bond acceptors (Lipinski definition) is 7. The lowest BCUT2D eigenvalue weighted by Crippen LogP contribution is -2.39. The number of anilines is 1. The van der Waals surface area contributed by atoms with Gasteiger partial charge in [-0.1, -0.05) is 6.07 Å². The van der Waals surface area contributed by atoms with E-state index in [1.165, 1.54) is 6.33 Å². The first kappa shape index (κ1) is 15.8. The summed E-state index contributed by atoms with van der Waals surface area (Å²) in [5.74, 6) is 2.38. The number of fused-ring (bicyclic) bond motifs is 1. The smallest absolute Gasteiger partial charge is 0.218 e. The molecule has 0 spiro atoms. The van der Waals surface area contributed by atoms with E-state index in [0.717, 1.165) is 49.8 Å². The van der Waals surface area contributed by atoms with E-state index in [1.54, 1.807) is 7.11 Å². The molecule has 130 valence electrons. The van der Waals surface area contributed by atoms with Gasteiger partial charge in [-0.3, -0.25) is 9.30 Å². The summed E-state index contributed by atoms with van der Waals surface area (Å²) < 4.78 is 7.19. The third kappa shape index (κ3) is 3.53. The van der Waals surface area contributed by atoms with Crippen molar-refractivity contribution in [2.75, 3.05) is 25.5 Å². The fourth-order valence-corrected chi connectivity index (χ4v) is 3.17. The van der Waals surface area contributed by atoms with Crippen molar-refractivity contribution < 1.29 is 4.74 Å². The fourth-order valence-electron chi connectivity index (χ4n) is 3.17. The number of piperidine rings is 1. The molecule has 0 unspecified atom stereocenters. The maximum absolute atomic E-state index is 5.14. The highest BCUT2D eigenvalue weighted by Crippen LogP contribution is 2.18. The Bertz CT molecular complexity index is 842. The molecule has 0 atom stereocenters. The molecule has 1 aliphatic heterocycles. The normalized spacial score (nSPS) is 16.2. The number of methoxy groups -OCH3 is 1. The van der Waals surface area contributed by atoms with Gasteiger partial charge in [0.05, 0.1) is 13.7 Å². The van der Waals surface area contributed by atoms with Gasteiger partial charge in [-0.05, 0) is 25.0 Å². The predicted octanol–water partition coefficient (Wildman–Crippen LogP) is 1.60. The van der Waals surface area contributed by atoms with Crippen LogP contribution in [0.3, 0.4) is 0 Å². The minimum absolute atomic E-state index is 0.408. The molecule has 0 amide bonds. The Morgan fingerprint density at radius 3 is 2.92 bits per heavy atom. The van der Waals surface area contributed by atoms with E-state index in [4.69, 9.17) is 4.74 Å². The van der Waals surface area contributed by atoms with E-state index in [0.29, 0.717) is 11.9 Å². The molecule has 8 heteroatoms. The highest BCUT2D eigenvalue weighted by molar-refractivity contribution is 5.38. The largest absolute Gasteiger partial charge is 0.481 e. The summed E-state index contributed by atoms with van der Waals surface area (Å²) in [4.78, 5) is 10.7. The molecule has 4 rings (SSSR count). The molecule has 1 saturated heterocycles. The zero-order chi connectivity index (χ0) is 17.1. The zero-order valence-electron chi connectivity index (χ0n) is 14.2. The molecule has 0 aliphatic carbocycles. The third-order valence-electron chi connectivity index (χ3n) is 4.54. The lowest BCUT2D eigenvalue weighted by molar-refractivity contribution is 0.206. The predicted molar refractivity (Wildman–Crippen MR) is 93.5 cm³/mol. The number of hydrogen-bond donors (Lipinski definition) is 1. The molecule has 1 N–H and O–H groups in total. The quantitative estimate of drug-likeness (QED) is 0.756. The first-order valence-electron chi connectivity index (χ1n) is 8.45. The van der Waals surface area contributed by atoms with Gasteiger partial charge in [-0.2, -0.15) is 0 Å². The Labute approximate surface area is 145 Å². The second kappa shape index (κ2) is 7.02. The first-order valence-corrected chi connectivity index (χ1v) is 8.45. The van der Waals surface area contributed by atoms with E-state index < -0.39 is 0 Å². The first-order chi connectivity index (χ1) is 12.3. The number of aromatic nitrogens is 5. The minimum atomic E-state index is 0.408. The van der Waals surface area contributed by atoms with Gasteiger partial charge in [-0.15, -0.1) is 10.2 Å². The molecule has 4 heterocycles. The summed E-state index contributed by atoms with van der Waals surface area (Å²) in [6.07, 6.45) is 5.65. The monoisotopic (exact) mass is 339 g/mol. The summed E-state index contributed by atoms with van der Waals surface area (Å²) in [5, 5.41) is 12.0. The van der Waals surface area contributed by atoms with Crippen LogP contribution in [0.5, 0.6) is 5.88 Å². The highest BCUT2D eigenvalue weighted by Gasteiger charge is 2.21. The molecule has 8 nitrogen and oxygen atoms in total. The molecule has 0 aromatic carbocycles. The lowest BCUT2D eigenvalue weighted by atomic mass is 10.1. The van der Waals surface area contributed by atoms with Gasteiger partial charge >= 0.3 is 0 Å². The van der Waals surface area contributed by atoms with Crippen LogP contribution in [0.4, 0.5) is 5.82 Å². The fraction of sp³-hybridized carbons (Fsp3) is 0.412. The van der Waals surface area contributed by atoms with Crippen LogP contribution in [0.2, 0.25) is 0 Å². The number of pyridine rings is 1. The van der Waals surface area contributed by atoms with Crippen molar-refractivity contribution in [1.82, 2.24) is 29.5 Å². The van der Waals surface area contributed by atoms with Gasteiger partial charge in [0, 0.05) is 31.4 Å². The van der Waals surface area contributed by atoms with E-state index >= 15 is 0 Å². The summed E-state index contributed by atoms with van der Waals surface area (Å²) >= 11 is 0. The van der Waals surface area contributed by atoms with Crippen molar-refractivity contribution >= 4 is 11.5 Å².